The van der Waals surface area contributed by atoms with Gasteiger partial charge in [-0.1, -0.05) is 48.6 Å². The van der Waals surface area contributed by atoms with Gasteiger partial charge in [0.05, 0.1) is 5.56 Å². The molecule has 3 nitrogen and oxygen atoms in total. The van der Waals surface area contributed by atoms with Gasteiger partial charge in [0, 0.05) is 25.3 Å². The number of amides is 1. The van der Waals surface area contributed by atoms with Crippen molar-refractivity contribution in [3.63, 3.8) is 0 Å². The average Bonchev–Trinajstić information content (AvgIpc) is 2.85. The Morgan fingerprint density at radius 1 is 1.22 bits per heavy atom. The monoisotopic (exact) mass is 306 g/mol. The van der Waals surface area contributed by atoms with Crippen LogP contribution < -0.4 is 5.32 Å². The molecule has 23 heavy (non-hydrogen) atoms. The van der Waals surface area contributed by atoms with Crippen molar-refractivity contribution in [2.45, 2.75) is 26.9 Å². The van der Waals surface area contributed by atoms with Gasteiger partial charge in [-0.15, -0.1) is 0 Å². The fourth-order valence-corrected chi connectivity index (χ4v) is 3.01. The molecule has 1 aliphatic heterocycles. The number of benzene rings is 2. The Bertz CT molecular complexity index is 750. The van der Waals surface area contributed by atoms with E-state index in [4.69, 9.17) is 0 Å². The zero-order chi connectivity index (χ0) is 16.4. The Balaban J connectivity index is 1.86. The van der Waals surface area contributed by atoms with Gasteiger partial charge in [-0.3, -0.25) is 4.79 Å². The maximum atomic E-state index is 12.8. The Hall–Kier alpha value is -2.55. The molecule has 0 radical (unpaired) electrons. The van der Waals surface area contributed by atoms with Gasteiger partial charge in [0.1, 0.15) is 0 Å². The number of rotatable bonds is 5. The molecule has 0 aromatic heterocycles. The molecule has 0 fully saturated rings. The Morgan fingerprint density at radius 2 is 1.96 bits per heavy atom. The van der Waals surface area contributed by atoms with Gasteiger partial charge in [-0.25, -0.2) is 0 Å². The van der Waals surface area contributed by atoms with Gasteiger partial charge in [0.25, 0.3) is 5.91 Å². The summed E-state index contributed by atoms with van der Waals surface area (Å²) in [5, 5.41) is 3.42. The van der Waals surface area contributed by atoms with Crippen molar-refractivity contribution < 1.29 is 4.79 Å². The van der Waals surface area contributed by atoms with E-state index in [0.29, 0.717) is 19.6 Å². The molecule has 0 aliphatic carbocycles. The first-order chi connectivity index (χ1) is 11.1. The summed E-state index contributed by atoms with van der Waals surface area (Å²) in [4.78, 5) is 14.6. The van der Waals surface area contributed by atoms with Crippen LogP contribution in [0.15, 0.2) is 54.6 Å². The maximum Gasteiger partial charge on any atom is 0.256 e. The summed E-state index contributed by atoms with van der Waals surface area (Å²) in [7, 11) is 0. The normalized spacial score (nSPS) is 13.1. The molecule has 0 atom stereocenters. The van der Waals surface area contributed by atoms with Crippen LogP contribution in [0.1, 0.15) is 34.0 Å². The van der Waals surface area contributed by atoms with Crippen LogP contribution >= 0.6 is 0 Å². The maximum absolute atomic E-state index is 12.8. The van der Waals surface area contributed by atoms with E-state index in [2.05, 4.69) is 37.0 Å². The van der Waals surface area contributed by atoms with Crippen LogP contribution in [-0.2, 0) is 13.1 Å². The molecule has 0 unspecified atom stereocenters. The highest BCUT2D eigenvalue weighted by Gasteiger charge is 2.30. The first kappa shape index (κ1) is 15.3. The second-order valence-electron chi connectivity index (χ2n) is 6.24. The minimum atomic E-state index is 0.0993. The Morgan fingerprint density at radius 3 is 2.65 bits per heavy atom. The fourth-order valence-electron chi connectivity index (χ4n) is 3.01. The van der Waals surface area contributed by atoms with Gasteiger partial charge in [-0.05, 0) is 36.6 Å². The number of hydrogen-bond acceptors (Lipinski definition) is 2. The minimum absolute atomic E-state index is 0.0993. The van der Waals surface area contributed by atoms with Crippen LogP contribution in [0.5, 0.6) is 0 Å². The molecule has 0 saturated carbocycles. The molecule has 118 valence electrons. The highest BCUT2D eigenvalue weighted by Crippen LogP contribution is 2.32. The lowest BCUT2D eigenvalue weighted by molar-refractivity contribution is 0.0793. The molecule has 0 bridgehead atoms. The van der Waals surface area contributed by atoms with E-state index in [0.717, 1.165) is 22.4 Å². The number of aryl methyl sites for hydroxylation is 1. The van der Waals surface area contributed by atoms with Crippen LogP contribution in [0, 0.1) is 6.92 Å². The number of hydrogen-bond donors (Lipinski definition) is 1. The van der Waals surface area contributed by atoms with E-state index in [1.54, 1.807) is 0 Å². The lowest BCUT2D eigenvalue weighted by Crippen LogP contribution is -2.25. The van der Waals surface area contributed by atoms with Crippen LogP contribution in [-0.4, -0.2) is 17.4 Å². The molecule has 1 N–H and O–H groups in total. The summed E-state index contributed by atoms with van der Waals surface area (Å²) in [6, 6.07) is 14.3. The van der Waals surface area contributed by atoms with Crippen molar-refractivity contribution in [2.24, 2.45) is 0 Å². The van der Waals surface area contributed by atoms with E-state index >= 15 is 0 Å². The van der Waals surface area contributed by atoms with Gasteiger partial charge in [0.2, 0.25) is 0 Å². The molecule has 0 saturated heterocycles. The third-order valence-corrected chi connectivity index (χ3v) is 4.18. The Labute approximate surface area is 137 Å². The van der Waals surface area contributed by atoms with Crippen LogP contribution in [0.25, 0.3) is 0 Å². The fraction of sp³-hybridized carbons (Fsp3) is 0.250. The third kappa shape index (κ3) is 3.14. The van der Waals surface area contributed by atoms with E-state index in [1.807, 2.05) is 36.1 Å². The van der Waals surface area contributed by atoms with Gasteiger partial charge >= 0.3 is 0 Å². The summed E-state index contributed by atoms with van der Waals surface area (Å²) in [5.74, 6) is 0.0993. The second-order valence-corrected chi connectivity index (χ2v) is 6.24. The Kier molecular flexibility index (Phi) is 4.20. The van der Waals surface area contributed by atoms with Crippen molar-refractivity contribution in [3.05, 3.63) is 76.9 Å². The summed E-state index contributed by atoms with van der Waals surface area (Å²) in [6.07, 6.45) is 0. The average molecular weight is 306 g/mol. The number of anilines is 1. The summed E-state index contributed by atoms with van der Waals surface area (Å²) >= 11 is 0. The third-order valence-electron chi connectivity index (χ3n) is 4.18. The first-order valence-electron chi connectivity index (χ1n) is 7.90. The molecule has 1 amide bonds. The van der Waals surface area contributed by atoms with Gasteiger partial charge in [-0.2, -0.15) is 0 Å². The highest BCUT2D eigenvalue weighted by molar-refractivity contribution is 6.04. The molecular formula is C20H22N2O. The van der Waals surface area contributed by atoms with Crippen molar-refractivity contribution in [3.8, 4) is 0 Å². The second kappa shape index (κ2) is 6.29. The number of fused-ring (bicyclic) bond motifs is 1. The van der Waals surface area contributed by atoms with Gasteiger partial charge in [0.15, 0.2) is 0 Å². The summed E-state index contributed by atoms with van der Waals surface area (Å²) in [5.41, 5.74) is 6.25. The summed E-state index contributed by atoms with van der Waals surface area (Å²) in [6.45, 7) is 9.95. The molecule has 3 rings (SSSR count). The lowest BCUT2D eigenvalue weighted by Gasteiger charge is -2.15. The van der Waals surface area contributed by atoms with Crippen molar-refractivity contribution in [1.29, 1.82) is 0 Å². The van der Waals surface area contributed by atoms with Crippen molar-refractivity contribution in [2.75, 3.05) is 11.9 Å². The van der Waals surface area contributed by atoms with Gasteiger partial charge < -0.3 is 10.2 Å². The van der Waals surface area contributed by atoms with Crippen LogP contribution in [0.4, 0.5) is 5.69 Å². The molecule has 1 aliphatic rings. The van der Waals surface area contributed by atoms with E-state index in [9.17, 15) is 4.79 Å². The van der Waals surface area contributed by atoms with Crippen molar-refractivity contribution in [1.82, 2.24) is 4.90 Å². The topological polar surface area (TPSA) is 32.3 Å². The number of carbonyl (C=O) groups excluding carboxylic acids is 1. The standard InChI is InChI=1S/C20H22N2O/c1-14(2)12-22-13-17-15(3)9-10-18(19(17)20(22)23)21-11-16-7-5-4-6-8-16/h4-10,21H,1,11-13H2,2-3H3. The van der Waals surface area contributed by atoms with Crippen molar-refractivity contribution >= 4 is 11.6 Å². The SMILES string of the molecule is C=C(C)CN1Cc2c(C)ccc(NCc3ccccc3)c2C1=O. The summed E-state index contributed by atoms with van der Waals surface area (Å²) < 4.78 is 0. The predicted molar refractivity (Wildman–Crippen MR) is 94.5 cm³/mol. The number of nitrogens with one attached hydrogen (secondary N) is 1. The zero-order valence-corrected chi connectivity index (χ0v) is 13.7. The molecule has 2 aromatic rings. The van der Waals surface area contributed by atoms with Crippen LogP contribution in [0.3, 0.4) is 0 Å². The van der Waals surface area contributed by atoms with Crippen LogP contribution in [0.2, 0.25) is 0 Å². The first-order valence-corrected chi connectivity index (χ1v) is 7.90. The molecule has 1 heterocycles. The number of nitrogens with zero attached hydrogens (tertiary/aromatic N) is 1. The predicted octanol–water partition coefficient (Wildman–Crippen LogP) is 4.14. The quantitative estimate of drug-likeness (QED) is 0.842. The van der Waals surface area contributed by atoms with E-state index < -0.39 is 0 Å². The molecule has 2 aromatic carbocycles. The minimum Gasteiger partial charge on any atom is -0.380 e. The lowest BCUT2D eigenvalue weighted by atomic mass is 10.0. The largest absolute Gasteiger partial charge is 0.380 e. The smallest absolute Gasteiger partial charge is 0.256 e. The zero-order valence-electron chi connectivity index (χ0n) is 13.7. The van der Waals surface area contributed by atoms with E-state index in [-0.39, 0.29) is 5.91 Å². The highest BCUT2D eigenvalue weighted by atomic mass is 16.2. The molecular weight excluding hydrogens is 284 g/mol. The molecule has 0 spiro atoms. The number of carbonyl (C=O) groups is 1. The van der Waals surface area contributed by atoms with E-state index in [1.165, 1.54) is 11.1 Å². The molecule has 3 heteroatoms.